The van der Waals surface area contributed by atoms with Crippen LogP contribution in [-0.2, 0) is 0 Å². The summed E-state index contributed by atoms with van der Waals surface area (Å²) in [6, 6.07) is 11.2. The number of rotatable bonds is 6. The molecule has 0 bridgehead atoms. The van der Waals surface area contributed by atoms with Crippen molar-refractivity contribution in [3.63, 3.8) is 0 Å². The zero-order valence-electron chi connectivity index (χ0n) is 17.4. The Balaban J connectivity index is 1.39. The molecule has 2 aliphatic rings. The number of nitro groups is 1. The Morgan fingerprint density at radius 2 is 1.83 bits per heavy atom. The molecule has 1 aliphatic carbocycles. The van der Waals surface area contributed by atoms with Gasteiger partial charge in [-0.2, -0.15) is 0 Å². The summed E-state index contributed by atoms with van der Waals surface area (Å²) in [7, 11) is 0. The molecule has 7 heteroatoms. The van der Waals surface area contributed by atoms with Crippen LogP contribution in [0.3, 0.4) is 0 Å². The minimum Gasteiger partial charge on any atom is -0.490 e. The number of hydrogen-bond acceptors (Lipinski definition) is 5. The fourth-order valence-corrected chi connectivity index (χ4v) is 3.76. The van der Waals surface area contributed by atoms with Gasteiger partial charge in [0, 0.05) is 43.6 Å². The highest BCUT2D eigenvalue weighted by Crippen LogP contribution is 2.32. The predicted octanol–water partition coefficient (Wildman–Crippen LogP) is 4.47. The Morgan fingerprint density at radius 3 is 2.50 bits per heavy atom. The first-order valence-corrected chi connectivity index (χ1v) is 10.5. The van der Waals surface area contributed by atoms with Crippen molar-refractivity contribution >= 4 is 17.3 Å². The number of benzene rings is 2. The first kappa shape index (κ1) is 20.2. The van der Waals surface area contributed by atoms with Crippen LogP contribution in [0.1, 0.15) is 47.2 Å². The smallest absolute Gasteiger partial charge is 0.293 e. The standard InChI is InChI=1S/C23H27N3O4/c1-15-3-4-16(2)22(13-15)30-19-9-11-25(12-10-19)23(27)17-5-8-20(24-18-6-7-18)21(14-17)26(28)29/h3-5,8,13-14,18-19,24H,6-7,9-12H2,1-2H3. The summed E-state index contributed by atoms with van der Waals surface area (Å²) in [5, 5.41) is 14.6. The van der Waals surface area contributed by atoms with Crippen LogP contribution >= 0.6 is 0 Å². The number of carbonyl (C=O) groups excluding carboxylic acids is 1. The van der Waals surface area contributed by atoms with E-state index < -0.39 is 4.92 Å². The van der Waals surface area contributed by atoms with Crippen molar-refractivity contribution in [1.29, 1.82) is 0 Å². The number of nitrogens with one attached hydrogen (secondary N) is 1. The maximum absolute atomic E-state index is 12.9. The Kier molecular flexibility index (Phi) is 5.61. The van der Waals surface area contributed by atoms with Crippen LogP contribution in [0.5, 0.6) is 5.75 Å². The monoisotopic (exact) mass is 409 g/mol. The summed E-state index contributed by atoms with van der Waals surface area (Å²) >= 11 is 0. The summed E-state index contributed by atoms with van der Waals surface area (Å²) in [6.07, 6.45) is 3.59. The van der Waals surface area contributed by atoms with Crippen LogP contribution < -0.4 is 10.1 Å². The molecule has 0 atom stereocenters. The number of ether oxygens (including phenoxy) is 1. The average Bonchev–Trinajstić information content (AvgIpc) is 3.55. The third-order valence-corrected chi connectivity index (χ3v) is 5.74. The lowest BCUT2D eigenvalue weighted by Crippen LogP contribution is -2.41. The number of aryl methyl sites for hydroxylation is 2. The third kappa shape index (κ3) is 4.56. The molecule has 0 aromatic heterocycles. The normalized spacial score (nSPS) is 16.9. The molecular formula is C23H27N3O4. The highest BCUT2D eigenvalue weighted by atomic mass is 16.6. The lowest BCUT2D eigenvalue weighted by molar-refractivity contribution is -0.384. The molecule has 2 aromatic carbocycles. The van der Waals surface area contributed by atoms with E-state index in [-0.39, 0.29) is 17.7 Å². The second-order valence-corrected chi connectivity index (χ2v) is 8.29. The van der Waals surface area contributed by atoms with E-state index in [4.69, 9.17) is 4.74 Å². The van der Waals surface area contributed by atoms with Gasteiger partial charge in [0.2, 0.25) is 0 Å². The number of nitrogens with zero attached hydrogens (tertiary/aromatic N) is 2. The second-order valence-electron chi connectivity index (χ2n) is 8.29. The van der Waals surface area contributed by atoms with Gasteiger partial charge in [0.25, 0.3) is 11.6 Å². The molecule has 30 heavy (non-hydrogen) atoms. The van der Waals surface area contributed by atoms with E-state index in [0.717, 1.165) is 42.6 Å². The number of piperidine rings is 1. The Morgan fingerprint density at radius 1 is 1.10 bits per heavy atom. The molecule has 4 rings (SSSR count). The molecular weight excluding hydrogens is 382 g/mol. The van der Waals surface area contributed by atoms with Gasteiger partial charge in [-0.1, -0.05) is 12.1 Å². The maximum Gasteiger partial charge on any atom is 0.293 e. The SMILES string of the molecule is Cc1ccc(C)c(OC2CCN(C(=O)c3ccc(NC4CC4)c([N+](=O)[O-])c3)CC2)c1. The van der Waals surface area contributed by atoms with Crippen LogP contribution in [0, 0.1) is 24.0 Å². The van der Waals surface area contributed by atoms with Crippen molar-refractivity contribution in [1.82, 2.24) is 4.90 Å². The van der Waals surface area contributed by atoms with Gasteiger partial charge >= 0.3 is 0 Å². The quantitative estimate of drug-likeness (QED) is 0.562. The van der Waals surface area contributed by atoms with E-state index in [9.17, 15) is 14.9 Å². The Labute approximate surface area is 176 Å². The Hall–Kier alpha value is -3.09. The van der Waals surface area contributed by atoms with Gasteiger partial charge in [-0.15, -0.1) is 0 Å². The fraction of sp³-hybridized carbons (Fsp3) is 0.435. The minimum atomic E-state index is -0.425. The van der Waals surface area contributed by atoms with E-state index in [2.05, 4.69) is 17.4 Å². The maximum atomic E-state index is 12.9. The molecule has 1 saturated heterocycles. The van der Waals surface area contributed by atoms with Crippen molar-refractivity contribution in [2.75, 3.05) is 18.4 Å². The van der Waals surface area contributed by atoms with Gasteiger partial charge in [0.1, 0.15) is 17.5 Å². The Bertz CT molecular complexity index is 963. The van der Waals surface area contributed by atoms with E-state index in [0.29, 0.717) is 30.4 Å². The molecule has 2 fully saturated rings. The molecule has 0 spiro atoms. The topological polar surface area (TPSA) is 84.7 Å². The number of nitro benzene ring substituents is 1. The minimum absolute atomic E-state index is 0.0408. The van der Waals surface area contributed by atoms with Crippen LogP contribution in [0.15, 0.2) is 36.4 Å². The van der Waals surface area contributed by atoms with Gasteiger partial charge in [-0.3, -0.25) is 14.9 Å². The lowest BCUT2D eigenvalue weighted by Gasteiger charge is -2.32. The fourth-order valence-electron chi connectivity index (χ4n) is 3.76. The van der Waals surface area contributed by atoms with E-state index in [1.54, 1.807) is 17.0 Å². The zero-order valence-corrected chi connectivity index (χ0v) is 17.4. The summed E-state index contributed by atoms with van der Waals surface area (Å²) in [6.45, 7) is 5.22. The molecule has 7 nitrogen and oxygen atoms in total. The highest BCUT2D eigenvalue weighted by Gasteiger charge is 2.28. The molecule has 1 N–H and O–H groups in total. The van der Waals surface area contributed by atoms with Crippen molar-refractivity contribution in [3.05, 3.63) is 63.2 Å². The zero-order chi connectivity index (χ0) is 21.3. The molecule has 1 aliphatic heterocycles. The van der Waals surface area contributed by atoms with Crippen LogP contribution in [0.25, 0.3) is 0 Å². The average molecular weight is 409 g/mol. The molecule has 2 aromatic rings. The molecule has 0 unspecified atom stereocenters. The summed E-state index contributed by atoms with van der Waals surface area (Å²) in [4.78, 5) is 25.7. The molecule has 158 valence electrons. The largest absolute Gasteiger partial charge is 0.490 e. The van der Waals surface area contributed by atoms with Crippen molar-refractivity contribution < 1.29 is 14.5 Å². The van der Waals surface area contributed by atoms with Gasteiger partial charge in [-0.25, -0.2) is 0 Å². The third-order valence-electron chi connectivity index (χ3n) is 5.74. The highest BCUT2D eigenvalue weighted by molar-refractivity contribution is 5.95. The van der Waals surface area contributed by atoms with Crippen molar-refractivity contribution in [2.45, 2.75) is 51.7 Å². The van der Waals surface area contributed by atoms with Crippen LogP contribution in [0.2, 0.25) is 0 Å². The van der Waals surface area contributed by atoms with E-state index >= 15 is 0 Å². The number of hydrogen-bond donors (Lipinski definition) is 1. The predicted molar refractivity (Wildman–Crippen MR) is 115 cm³/mol. The number of amides is 1. The molecule has 0 radical (unpaired) electrons. The van der Waals surface area contributed by atoms with E-state index in [1.165, 1.54) is 6.07 Å². The van der Waals surface area contributed by atoms with Crippen molar-refractivity contribution in [3.8, 4) is 5.75 Å². The molecule has 1 amide bonds. The van der Waals surface area contributed by atoms with Gasteiger partial charge in [-0.05, 0) is 56.0 Å². The first-order valence-electron chi connectivity index (χ1n) is 10.5. The summed E-state index contributed by atoms with van der Waals surface area (Å²) in [5.41, 5.74) is 3.06. The summed E-state index contributed by atoms with van der Waals surface area (Å²) in [5.74, 6) is 0.732. The second kappa shape index (κ2) is 8.34. The first-order chi connectivity index (χ1) is 14.4. The summed E-state index contributed by atoms with van der Waals surface area (Å²) < 4.78 is 6.17. The van der Waals surface area contributed by atoms with Crippen LogP contribution in [0.4, 0.5) is 11.4 Å². The van der Waals surface area contributed by atoms with E-state index in [1.807, 2.05) is 19.9 Å². The number of carbonyl (C=O) groups is 1. The lowest BCUT2D eigenvalue weighted by atomic mass is 10.0. The number of anilines is 1. The molecule has 1 saturated carbocycles. The number of likely N-dealkylation sites (tertiary alicyclic amines) is 1. The van der Waals surface area contributed by atoms with Gasteiger partial charge in [0.05, 0.1) is 4.92 Å². The van der Waals surface area contributed by atoms with Crippen molar-refractivity contribution in [2.24, 2.45) is 0 Å². The van der Waals surface area contributed by atoms with Crippen LogP contribution in [-0.4, -0.2) is 41.0 Å². The van der Waals surface area contributed by atoms with Gasteiger partial charge in [0.15, 0.2) is 0 Å². The molecule has 1 heterocycles. The van der Waals surface area contributed by atoms with Gasteiger partial charge < -0.3 is 15.0 Å².